The van der Waals surface area contributed by atoms with Crippen molar-refractivity contribution in [3.05, 3.63) is 59.2 Å². The van der Waals surface area contributed by atoms with E-state index in [-0.39, 0.29) is 5.75 Å². The molecule has 4 nitrogen and oxygen atoms in total. The van der Waals surface area contributed by atoms with Gasteiger partial charge in [0.05, 0.1) is 5.69 Å². The van der Waals surface area contributed by atoms with Gasteiger partial charge in [-0.1, -0.05) is 0 Å². The number of hydrogen-bond acceptors (Lipinski definition) is 5. The number of rotatable bonds is 4. The van der Waals surface area contributed by atoms with Gasteiger partial charge in [-0.2, -0.15) is 0 Å². The summed E-state index contributed by atoms with van der Waals surface area (Å²) in [6.45, 7) is 1.89. The van der Waals surface area contributed by atoms with Crippen molar-refractivity contribution in [2.45, 2.75) is 6.92 Å². The van der Waals surface area contributed by atoms with Gasteiger partial charge >= 0.3 is 0 Å². The summed E-state index contributed by atoms with van der Waals surface area (Å²) >= 11 is 1.45. The van der Waals surface area contributed by atoms with Crippen molar-refractivity contribution in [1.29, 1.82) is 0 Å². The SMILES string of the molecule is Cc1csc(Nc2cc(Oc3ccc(F)cc3F)ccn2)n1. The number of hydrogen-bond donors (Lipinski definition) is 1. The van der Waals surface area contributed by atoms with Crippen molar-refractivity contribution >= 4 is 22.3 Å². The molecule has 0 unspecified atom stereocenters. The zero-order valence-corrected chi connectivity index (χ0v) is 12.3. The summed E-state index contributed by atoms with van der Waals surface area (Å²) < 4.78 is 31.9. The van der Waals surface area contributed by atoms with E-state index in [0.717, 1.165) is 17.8 Å². The van der Waals surface area contributed by atoms with Crippen LogP contribution in [0.25, 0.3) is 0 Å². The number of aryl methyl sites for hydroxylation is 1. The standard InChI is InChI=1S/C15H11F2N3OS/c1-9-8-22-15(19-9)20-14-7-11(4-5-18-14)21-13-3-2-10(16)6-12(13)17/h2-8H,1H3,(H,18,19,20). The van der Waals surface area contributed by atoms with Gasteiger partial charge in [-0.05, 0) is 25.1 Å². The van der Waals surface area contributed by atoms with Crippen LogP contribution in [0.3, 0.4) is 0 Å². The molecule has 22 heavy (non-hydrogen) atoms. The molecule has 0 aliphatic rings. The number of pyridine rings is 1. The van der Waals surface area contributed by atoms with E-state index in [1.807, 2.05) is 12.3 Å². The molecule has 0 aliphatic heterocycles. The first-order chi connectivity index (χ1) is 10.6. The number of ether oxygens (including phenoxy) is 1. The van der Waals surface area contributed by atoms with E-state index in [2.05, 4.69) is 15.3 Å². The fraction of sp³-hybridized carbons (Fsp3) is 0.0667. The molecule has 0 aliphatic carbocycles. The van der Waals surface area contributed by atoms with Gasteiger partial charge in [0.25, 0.3) is 0 Å². The van der Waals surface area contributed by atoms with Gasteiger partial charge in [-0.15, -0.1) is 11.3 Å². The average molecular weight is 319 g/mol. The summed E-state index contributed by atoms with van der Waals surface area (Å²) in [6.07, 6.45) is 1.53. The smallest absolute Gasteiger partial charge is 0.188 e. The number of aromatic nitrogens is 2. The largest absolute Gasteiger partial charge is 0.454 e. The lowest BCUT2D eigenvalue weighted by Crippen LogP contribution is -1.95. The Balaban J connectivity index is 1.78. The van der Waals surface area contributed by atoms with E-state index in [9.17, 15) is 8.78 Å². The van der Waals surface area contributed by atoms with Crippen molar-refractivity contribution in [3.63, 3.8) is 0 Å². The van der Waals surface area contributed by atoms with Crippen LogP contribution in [-0.4, -0.2) is 9.97 Å². The van der Waals surface area contributed by atoms with Crippen LogP contribution in [0.15, 0.2) is 41.9 Å². The number of anilines is 2. The van der Waals surface area contributed by atoms with Crippen LogP contribution in [0.5, 0.6) is 11.5 Å². The number of nitrogens with one attached hydrogen (secondary N) is 1. The minimum Gasteiger partial charge on any atom is -0.454 e. The van der Waals surface area contributed by atoms with E-state index >= 15 is 0 Å². The molecule has 112 valence electrons. The van der Waals surface area contributed by atoms with Crippen LogP contribution in [0.2, 0.25) is 0 Å². The maximum absolute atomic E-state index is 13.6. The zero-order valence-electron chi connectivity index (χ0n) is 11.5. The molecule has 0 atom stereocenters. The highest BCUT2D eigenvalue weighted by atomic mass is 32.1. The highest BCUT2D eigenvalue weighted by Gasteiger charge is 2.07. The fourth-order valence-electron chi connectivity index (χ4n) is 1.75. The van der Waals surface area contributed by atoms with Gasteiger partial charge in [0.1, 0.15) is 17.4 Å². The normalized spacial score (nSPS) is 10.5. The summed E-state index contributed by atoms with van der Waals surface area (Å²) in [5, 5.41) is 5.65. The van der Waals surface area contributed by atoms with Gasteiger partial charge in [0, 0.05) is 23.7 Å². The third-order valence-electron chi connectivity index (χ3n) is 2.71. The Morgan fingerprint density at radius 3 is 2.77 bits per heavy atom. The van der Waals surface area contributed by atoms with Crippen LogP contribution in [-0.2, 0) is 0 Å². The molecule has 0 amide bonds. The quantitative estimate of drug-likeness (QED) is 0.759. The molecular weight excluding hydrogens is 308 g/mol. The number of thiazole rings is 1. The third kappa shape index (κ3) is 3.37. The molecule has 0 saturated carbocycles. The molecule has 7 heteroatoms. The molecular formula is C15H11F2N3OS. The van der Waals surface area contributed by atoms with E-state index in [4.69, 9.17) is 4.74 Å². The molecule has 2 heterocycles. The second-order valence-corrected chi connectivity index (χ2v) is 5.33. The molecule has 1 N–H and O–H groups in total. The highest BCUT2D eigenvalue weighted by Crippen LogP contribution is 2.27. The number of nitrogens with zero attached hydrogens (tertiary/aromatic N) is 2. The predicted octanol–water partition coefficient (Wildman–Crippen LogP) is 4.66. The van der Waals surface area contributed by atoms with E-state index in [1.165, 1.54) is 23.6 Å². The van der Waals surface area contributed by atoms with Crippen molar-refractivity contribution < 1.29 is 13.5 Å². The monoisotopic (exact) mass is 319 g/mol. The summed E-state index contributed by atoms with van der Waals surface area (Å²) in [5.74, 6) is -0.558. The topological polar surface area (TPSA) is 47.0 Å². The van der Waals surface area contributed by atoms with E-state index in [0.29, 0.717) is 16.7 Å². The van der Waals surface area contributed by atoms with Gasteiger partial charge < -0.3 is 10.1 Å². The van der Waals surface area contributed by atoms with Crippen molar-refractivity contribution in [1.82, 2.24) is 9.97 Å². The number of benzene rings is 1. The van der Waals surface area contributed by atoms with Crippen LogP contribution in [0, 0.1) is 18.6 Å². The molecule has 0 spiro atoms. The Bertz CT molecular complexity index is 807. The maximum Gasteiger partial charge on any atom is 0.188 e. The Hall–Kier alpha value is -2.54. The second kappa shape index (κ2) is 6.07. The van der Waals surface area contributed by atoms with Crippen molar-refractivity contribution in [2.75, 3.05) is 5.32 Å². The van der Waals surface area contributed by atoms with Gasteiger partial charge in [0.2, 0.25) is 0 Å². The zero-order chi connectivity index (χ0) is 15.5. The van der Waals surface area contributed by atoms with Crippen molar-refractivity contribution in [3.8, 4) is 11.5 Å². The van der Waals surface area contributed by atoms with Crippen LogP contribution in [0.4, 0.5) is 19.7 Å². The second-order valence-electron chi connectivity index (χ2n) is 4.47. The summed E-state index contributed by atoms with van der Waals surface area (Å²) in [6, 6.07) is 6.34. The number of halogens is 2. The summed E-state index contributed by atoms with van der Waals surface area (Å²) in [5.41, 5.74) is 0.910. The molecule has 0 radical (unpaired) electrons. The third-order valence-corrected chi connectivity index (χ3v) is 3.58. The first kappa shape index (κ1) is 14.4. The average Bonchev–Trinajstić information content (AvgIpc) is 2.88. The summed E-state index contributed by atoms with van der Waals surface area (Å²) in [7, 11) is 0. The van der Waals surface area contributed by atoms with Crippen LogP contribution in [0.1, 0.15) is 5.69 Å². The minimum absolute atomic E-state index is 0.0522. The first-order valence-corrected chi connectivity index (χ1v) is 7.26. The van der Waals surface area contributed by atoms with Gasteiger partial charge in [0.15, 0.2) is 16.7 Å². The Labute approximate surface area is 129 Å². The highest BCUT2D eigenvalue weighted by molar-refractivity contribution is 7.13. The fourth-order valence-corrected chi connectivity index (χ4v) is 2.44. The Morgan fingerprint density at radius 2 is 2.05 bits per heavy atom. The minimum atomic E-state index is -0.762. The lowest BCUT2D eigenvalue weighted by atomic mass is 10.3. The lowest BCUT2D eigenvalue weighted by molar-refractivity contribution is 0.437. The Kier molecular flexibility index (Phi) is 3.97. The molecule has 0 bridgehead atoms. The van der Waals surface area contributed by atoms with E-state index in [1.54, 1.807) is 12.1 Å². The maximum atomic E-state index is 13.6. The molecule has 1 aromatic carbocycles. The molecule has 0 saturated heterocycles. The molecule has 3 rings (SSSR count). The van der Waals surface area contributed by atoms with Crippen LogP contribution >= 0.6 is 11.3 Å². The van der Waals surface area contributed by atoms with E-state index < -0.39 is 11.6 Å². The Morgan fingerprint density at radius 1 is 1.18 bits per heavy atom. The van der Waals surface area contributed by atoms with Gasteiger partial charge in [-0.3, -0.25) is 0 Å². The first-order valence-electron chi connectivity index (χ1n) is 6.38. The molecule has 3 aromatic rings. The summed E-state index contributed by atoms with van der Waals surface area (Å²) in [4.78, 5) is 8.41. The van der Waals surface area contributed by atoms with Gasteiger partial charge in [-0.25, -0.2) is 18.7 Å². The lowest BCUT2D eigenvalue weighted by Gasteiger charge is -2.08. The molecule has 2 aromatic heterocycles. The van der Waals surface area contributed by atoms with Crippen LogP contribution < -0.4 is 10.1 Å². The van der Waals surface area contributed by atoms with Crippen molar-refractivity contribution in [2.24, 2.45) is 0 Å². The molecule has 0 fully saturated rings. The predicted molar refractivity (Wildman–Crippen MR) is 80.8 cm³/mol.